The first-order valence-corrected chi connectivity index (χ1v) is 6.43. The minimum absolute atomic E-state index is 0.190. The van der Waals surface area contributed by atoms with Crippen LogP contribution >= 0.6 is 0 Å². The summed E-state index contributed by atoms with van der Waals surface area (Å²) in [6.45, 7) is 0. The number of nitrogens with zero attached hydrogens (tertiary/aromatic N) is 1. The van der Waals surface area contributed by atoms with E-state index in [-0.39, 0.29) is 17.1 Å². The number of hydrogen-bond acceptors (Lipinski definition) is 3. The number of nitrogens with one attached hydrogen (secondary N) is 1. The van der Waals surface area contributed by atoms with Gasteiger partial charge in [-0.1, -0.05) is 18.2 Å². The maximum absolute atomic E-state index is 12.9. The zero-order valence-electron chi connectivity index (χ0n) is 11.2. The number of carboxylic acids is 1. The molecular formula is C16H11FN2O3. The molecule has 1 aromatic heterocycles. The topological polar surface area (TPSA) is 86.2 Å². The minimum atomic E-state index is -1.21. The lowest BCUT2D eigenvalue weighted by molar-refractivity contribution is 0.0694. The van der Waals surface area contributed by atoms with Gasteiger partial charge in [0, 0.05) is 0 Å². The number of aromatic hydroxyl groups is 1. The molecule has 3 rings (SSSR count). The molecule has 0 unspecified atom stereocenters. The van der Waals surface area contributed by atoms with Gasteiger partial charge in [0.25, 0.3) is 0 Å². The molecule has 0 aliphatic rings. The number of aromatic carboxylic acids is 1. The molecule has 5 nitrogen and oxygen atoms in total. The number of aromatic amines is 1. The predicted molar refractivity (Wildman–Crippen MR) is 80.0 cm³/mol. The Balaban J connectivity index is 2.05. The Morgan fingerprint density at radius 3 is 2.55 bits per heavy atom. The Kier molecular flexibility index (Phi) is 3.34. The molecule has 0 fully saturated rings. The molecule has 0 aliphatic heterocycles. The van der Waals surface area contributed by atoms with Crippen molar-refractivity contribution in [3.63, 3.8) is 0 Å². The minimum Gasteiger partial charge on any atom is -0.506 e. The molecule has 0 atom stereocenters. The Morgan fingerprint density at radius 2 is 1.86 bits per heavy atom. The number of benzene rings is 2. The van der Waals surface area contributed by atoms with Crippen LogP contribution in [0.25, 0.3) is 23.1 Å². The van der Waals surface area contributed by atoms with Crippen molar-refractivity contribution in [3.8, 4) is 5.75 Å². The Labute approximate surface area is 124 Å². The summed E-state index contributed by atoms with van der Waals surface area (Å²) in [5.41, 5.74) is 1.50. The standard InChI is InChI=1S/C16H11FN2O3/c17-10-4-1-9(2-5-10)3-7-12-14-13(19-18-12)8-6-11(15(14)20)16(21)22/h1-8,20H,(H,18,19)(H,21,22). The van der Waals surface area contributed by atoms with E-state index in [0.29, 0.717) is 16.6 Å². The number of aromatic nitrogens is 2. The van der Waals surface area contributed by atoms with Crippen LogP contribution in [-0.2, 0) is 0 Å². The Morgan fingerprint density at radius 1 is 1.14 bits per heavy atom. The third-order valence-corrected chi connectivity index (χ3v) is 3.26. The molecule has 0 saturated carbocycles. The second-order valence-electron chi connectivity index (χ2n) is 4.68. The first-order valence-electron chi connectivity index (χ1n) is 6.43. The third-order valence-electron chi connectivity index (χ3n) is 3.26. The van der Waals surface area contributed by atoms with Gasteiger partial charge >= 0.3 is 5.97 Å². The molecular weight excluding hydrogens is 287 g/mol. The number of hydrogen-bond donors (Lipinski definition) is 3. The number of carboxylic acid groups (broad SMARTS) is 1. The van der Waals surface area contributed by atoms with Gasteiger partial charge < -0.3 is 10.2 Å². The van der Waals surface area contributed by atoms with Crippen molar-refractivity contribution in [1.82, 2.24) is 10.2 Å². The summed E-state index contributed by atoms with van der Waals surface area (Å²) in [5, 5.41) is 26.3. The van der Waals surface area contributed by atoms with Crippen LogP contribution in [0.2, 0.25) is 0 Å². The summed E-state index contributed by atoms with van der Waals surface area (Å²) >= 11 is 0. The first-order chi connectivity index (χ1) is 10.6. The molecule has 3 N–H and O–H groups in total. The molecule has 6 heteroatoms. The molecule has 0 bridgehead atoms. The fourth-order valence-corrected chi connectivity index (χ4v) is 2.16. The van der Waals surface area contributed by atoms with Crippen molar-refractivity contribution < 1.29 is 19.4 Å². The van der Waals surface area contributed by atoms with Gasteiger partial charge in [0.2, 0.25) is 0 Å². The highest BCUT2D eigenvalue weighted by Crippen LogP contribution is 2.31. The fourth-order valence-electron chi connectivity index (χ4n) is 2.16. The van der Waals surface area contributed by atoms with Gasteiger partial charge in [-0.05, 0) is 35.9 Å². The monoisotopic (exact) mass is 298 g/mol. The predicted octanol–water partition coefficient (Wildman–Crippen LogP) is 3.28. The van der Waals surface area contributed by atoms with Crippen molar-refractivity contribution in [2.45, 2.75) is 0 Å². The smallest absolute Gasteiger partial charge is 0.339 e. The number of fused-ring (bicyclic) bond motifs is 1. The highest BCUT2D eigenvalue weighted by molar-refractivity contribution is 6.02. The van der Waals surface area contributed by atoms with Crippen molar-refractivity contribution in [2.24, 2.45) is 0 Å². The van der Waals surface area contributed by atoms with Crippen LogP contribution in [0, 0.1) is 5.82 Å². The van der Waals surface area contributed by atoms with E-state index < -0.39 is 5.97 Å². The van der Waals surface area contributed by atoms with Gasteiger partial charge in [0.05, 0.1) is 16.6 Å². The van der Waals surface area contributed by atoms with Crippen LogP contribution in [0.15, 0.2) is 36.4 Å². The maximum atomic E-state index is 12.9. The average Bonchev–Trinajstić information content (AvgIpc) is 2.91. The highest BCUT2D eigenvalue weighted by atomic mass is 19.1. The van der Waals surface area contributed by atoms with E-state index in [2.05, 4.69) is 10.2 Å². The Hall–Kier alpha value is -3.15. The van der Waals surface area contributed by atoms with Crippen LogP contribution in [0.4, 0.5) is 4.39 Å². The van der Waals surface area contributed by atoms with Crippen molar-refractivity contribution in [1.29, 1.82) is 0 Å². The number of H-pyrrole nitrogens is 1. The Bertz CT molecular complexity index is 882. The van der Waals surface area contributed by atoms with Crippen LogP contribution < -0.4 is 0 Å². The summed E-state index contributed by atoms with van der Waals surface area (Å²) in [6.07, 6.45) is 3.32. The lowest BCUT2D eigenvalue weighted by atomic mass is 10.1. The molecule has 3 aromatic rings. The van der Waals surface area contributed by atoms with Gasteiger partial charge in [-0.15, -0.1) is 0 Å². The molecule has 1 heterocycles. The zero-order chi connectivity index (χ0) is 15.7. The number of carbonyl (C=O) groups is 1. The maximum Gasteiger partial charge on any atom is 0.339 e. The zero-order valence-corrected chi connectivity index (χ0v) is 11.2. The normalized spacial score (nSPS) is 11.3. The molecule has 2 aromatic carbocycles. The quantitative estimate of drug-likeness (QED) is 0.692. The lowest BCUT2D eigenvalue weighted by Crippen LogP contribution is -1.96. The number of phenols is 1. The summed E-state index contributed by atoms with van der Waals surface area (Å²) < 4.78 is 12.9. The van der Waals surface area contributed by atoms with Crippen molar-refractivity contribution in [2.75, 3.05) is 0 Å². The first kappa shape index (κ1) is 13.8. The second kappa shape index (κ2) is 5.33. The SMILES string of the molecule is O=C(O)c1ccc2[nH]nc(C=Cc3ccc(F)cc3)c2c1O. The van der Waals surface area contributed by atoms with E-state index >= 15 is 0 Å². The van der Waals surface area contributed by atoms with E-state index in [0.717, 1.165) is 5.56 Å². The summed E-state index contributed by atoms with van der Waals surface area (Å²) in [7, 11) is 0. The average molecular weight is 298 g/mol. The molecule has 22 heavy (non-hydrogen) atoms. The number of rotatable bonds is 3. The van der Waals surface area contributed by atoms with Gasteiger partial charge in [0.15, 0.2) is 0 Å². The van der Waals surface area contributed by atoms with Crippen molar-refractivity contribution >= 4 is 29.0 Å². The molecule has 0 saturated heterocycles. The second-order valence-corrected chi connectivity index (χ2v) is 4.68. The molecule has 110 valence electrons. The van der Waals surface area contributed by atoms with Crippen LogP contribution in [0.3, 0.4) is 0 Å². The van der Waals surface area contributed by atoms with Gasteiger partial charge in [-0.2, -0.15) is 5.10 Å². The van der Waals surface area contributed by atoms with Gasteiger partial charge in [-0.3, -0.25) is 5.10 Å². The summed E-state index contributed by atoms with van der Waals surface area (Å²) in [5.74, 6) is -1.88. The van der Waals surface area contributed by atoms with Crippen molar-refractivity contribution in [3.05, 3.63) is 59.0 Å². The molecule has 0 aliphatic carbocycles. The fraction of sp³-hybridized carbons (Fsp3) is 0. The molecule has 0 amide bonds. The van der Waals surface area contributed by atoms with Crippen LogP contribution in [-0.4, -0.2) is 26.4 Å². The van der Waals surface area contributed by atoms with E-state index in [1.807, 2.05) is 0 Å². The van der Waals surface area contributed by atoms with Gasteiger partial charge in [0.1, 0.15) is 17.1 Å². The molecule has 0 radical (unpaired) electrons. The van der Waals surface area contributed by atoms with Gasteiger partial charge in [-0.25, -0.2) is 9.18 Å². The molecule has 0 spiro atoms. The third kappa shape index (κ3) is 2.42. The highest BCUT2D eigenvalue weighted by Gasteiger charge is 2.16. The van der Waals surface area contributed by atoms with E-state index in [9.17, 15) is 14.3 Å². The summed E-state index contributed by atoms with van der Waals surface area (Å²) in [6, 6.07) is 8.73. The van der Waals surface area contributed by atoms with Crippen LogP contribution in [0.1, 0.15) is 21.6 Å². The summed E-state index contributed by atoms with van der Waals surface area (Å²) in [4.78, 5) is 11.1. The largest absolute Gasteiger partial charge is 0.506 e. The van der Waals surface area contributed by atoms with E-state index in [1.165, 1.54) is 18.2 Å². The number of halogens is 1. The lowest BCUT2D eigenvalue weighted by Gasteiger charge is -2.01. The van der Waals surface area contributed by atoms with E-state index in [4.69, 9.17) is 5.11 Å². The van der Waals surface area contributed by atoms with E-state index in [1.54, 1.807) is 30.4 Å². The van der Waals surface area contributed by atoms with Crippen LogP contribution in [0.5, 0.6) is 5.75 Å².